The summed E-state index contributed by atoms with van der Waals surface area (Å²) >= 11 is 0. The first-order valence-corrected chi connectivity index (χ1v) is 6.49. The number of esters is 1. The van der Waals surface area contributed by atoms with Crippen LogP contribution in [0, 0.1) is 0 Å². The van der Waals surface area contributed by atoms with Gasteiger partial charge in [-0.05, 0) is 38.6 Å². The normalized spacial score (nSPS) is 12.1. The maximum absolute atomic E-state index is 11.3. The highest BCUT2D eigenvalue weighted by Crippen LogP contribution is 2.06. The Kier molecular flexibility index (Phi) is 10.3. The SMILES string of the molecule is NCCCCCC(N)OC(=O)CCCCC(N)=O. The fourth-order valence-corrected chi connectivity index (χ4v) is 1.52. The fraction of sp³-hybridized carbons (Fsp3) is 0.833. The van der Waals surface area contributed by atoms with Gasteiger partial charge in [0, 0.05) is 12.8 Å². The Hall–Kier alpha value is -1.14. The lowest BCUT2D eigenvalue weighted by atomic mass is 10.2. The second kappa shape index (κ2) is 11.0. The van der Waals surface area contributed by atoms with Crippen molar-refractivity contribution in [1.29, 1.82) is 0 Å². The first-order chi connectivity index (χ1) is 8.56. The molecule has 0 aromatic carbocycles. The molecule has 6 heteroatoms. The van der Waals surface area contributed by atoms with E-state index >= 15 is 0 Å². The number of hydrogen-bond donors (Lipinski definition) is 3. The first kappa shape index (κ1) is 16.9. The van der Waals surface area contributed by atoms with Gasteiger partial charge in [0.15, 0.2) is 6.23 Å². The lowest BCUT2D eigenvalue weighted by Crippen LogP contribution is -2.27. The summed E-state index contributed by atoms with van der Waals surface area (Å²) in [6, 6.07) is 0. The van der Waals surface area contributed by atoms with E-state index in [0.29, 0.717) is 32.2 Å². The number of carbonyl (C=O) groups is 2. The molecule has 0 aromatic heterocycles. The van der Waals surface area contributed by atoms with Gasteiger partial charge in [-0.3, -0.25) is 15.3 Å². The van der Waals surface area contributed by atoms with Crippen LogP contribution in [0.4, 0.5) is 0 Å². The number of amides is 1. The van der Waals surface area contributed by atoms with Crippen molar-refractivity contribution in [3.05, 3.63) is 0 Å². The van der Waals surface area contributed by atoms with Crippen LogP contribution in [0.25, 0.3) is 0 Å². The Balaban J connectivity index is 3.46. The van der Waals surface area contributed by atoms with Crippen LogP contribution >= 0.6 is 0 Å². The van der Waals surface area contributed by atoms with Gasteiger partial charge in [-0.1, -0.05) is 6.42 Å². The monoisotopic (exact) mass is 259 g/mol. The van der Waals surface area contributed by atoms with Crippen molar-refractivity contribution in [2.75, 3.05) is 6.54 Å². The standard InChI is InChI=1S/C12H25N3O3/c13-9-5-1-2-7-11(15)18-12(17)8-4-3-6-10(14)16/h11H,1-9,13,15H2,(H2,14,16). The Morgan fingerprint density at radius 1 is 1.00 bits per heavy atom. The van der Waals surface area contributed by atoms with Crippen LogP contribution in [-0.4, -0.2) is 24.6 Å². The molecule has 0 rings (SSSR count). The molecule has 106 valence electrons. The summed E-state index contributed by atoms with van der Waals surface area (Å²) in [5.41, 5.74) is 16.0. The zero-order chi connectivity index (χ0) is 13.8. The Labute approximate surface area is 108 Å². The number of carbonyl (C=O) groups excluding carboxylic acids is 2. The van der Waals surface area contributed by atoms with Crippen LogP contribution in [0.15, 0.2) is 0 Å². The number of ether oxygens (including phenoxy) is 1. The van der Waals surface area contributed by atoms with Crippen molar-refractivity contribution < 1.29 is 14.3 Å². The van der Waals surface area contributed by atoms with Crippen LogP contribution in [0.5, 0.6) is 0 Å². The van der Waals surface area contributed by atoms with Gasteiger partial charge in [0.05, 0.1) is 0 Å². The van der Waals surface area contributed by atoms with Crippen LogP contribution in [0.3, 0.4) is 0 Å². The van der Waals surface area contributed by atoms with E-state index in [9.17, 15) is 9.59 Å². The minimum Gasteiger partial charge on any atom is -0.447 e. The maximum atomic E-state index is 11.3. The molecule has 1 unspecified atom stereocenters. The molecular formula is C12H25N3O3. The molecule has 0 radical (unpaired) electrons. The molecule has 0 aliphatic heterocycles. The zero-order valence-corrected chi connectivity index (χ0v) is 10.9. The number of rotatable bonds is 11. The van der Waals surface area contributed by atoms with Gasteiger partial charge in [-0.15, -0.1) is 0 Å². The van der Waals surface area contributed by atoms with E-state index in [-0.39, 0.29) is 18.3 Å². The molecule has 1 amide bonds. The van der Waals surface area contributed by atoms with Crippen molar-refractivity contribution in [2.45, 2.75) is 57.6 Å². The predicted octanol–water partition coefficient (Wildman–Crippen LogP) is 0.379. The highest BCUT2D eigenvalue weighted by molar-refractivity contribution is 5.73. The van der Waals surface area contributed by atoms with Gasteiger partial charge in [0.25, 0.3) is 0 Å². The number of nitrogens with two attached hydrogens (primary N) is 3. The van der Waals surface area contributed by atoms with Crippen molar-refractivity contribution in [2.24, 2.45) is 17.2 Å². The summed E-state index contributed by atoms with van der Waals surface area (Å²) in [6.07, 6.45) is 4.79. The smallest absolute Gasteiger partial charge is 0.307 e. The molecule has 0 fully saturated rings. The van der Waals surface area contributed by atoms with Crippen molar-refractivity contribution in [3.8, 4) is 0 Å². The molecule has 0 heterocycles. The zero-order valence-electron chi connectivity index (χ0n) is 10.9. The molecular weight excluding hydrogens is 234 g/mol. The molecule has 6 N–H and O–H groups in total. The summed E-state index contributed by atoms with van der Waals surface area (Å²) in [6.45, 7) is 0.675. The number of hydrogen-bond acceptors (Lipinski definition) is 5. The van der Waals surface area contributed by atoms with Gasteiger partial charge in [-0.2, -0.15) is 0 Å². The highest BCUT2D eigenvalue weighted by atomic mass is 16.6. The molecule has 0 saturated carbocycles. The highest BCUT2D eigenvalue weighted by Gasteiger charge is 2.09. The minimum atomic E-state index is -0.536. The Morgan fingerprint density at radius 2 is 1.67 bits per heavy atom. The molecule has 0 spiro atoms. The third-order valence-electron chi connectivity index (χ3n) is 2.53. The summed E-state index contributed by atoms with van der Waals surface area (Å²) in [5, 5.41) is 0. The molecule has 18 heavy (non-hydrogen) atoms. The third kappa shape index (κ3) is 11.3. The molecule has 6 nitrogen and oxygen atoms in total. The van der Waals surface area contributed by atoms with Gasteiger partial charge in [0.2, 0.25) is 5.91 Å². The topological polar surface area (TPSA) is 121 Å². The summed E-state index contributed by atoms with van der Waals surface area (Å²) < 4.78 is 5.03. The van der Waals surface area contributed by atoms with E-state index in [1.54, 1.807) is 0 Å². The van der Waals surface area contributed by atoms with E-state index in [2.05, 4.69) is 0 Å². The lowest BCUT2D eigenvalue weighted by molar-refractivity contribution is -0.149. The molecule has 0 bridgehead atoms. The largest absolute Gasteiger partial charge is 0.447 e. The molecule has 0 aliphatic rings. The molecule has 0 aromatic rings. The van der Waals surface area contributed by atoms with Crippen LogP contribution in [-0.2, 0) is 14.3 Å². The average molecular weight is 259 g/mol. The average Bonchev–Trinajstić information content (AvgIpc) is 2.30. The molecule has 0 saturated heterocycles. The second-order valence-electron chi connectivity index (χ2n) is 4.34. The molecule has 1 atom stereocenters. The predicted molar refractivity (Wildman–Crippen MR) is 69.3 cm³/mol. The lowest BCUT2D eigenvalue weighted by Gasteiger charge is -2.12. The Bertz CT molecular complexity index is 247. The van der Waals surface area contributed by atoms with E-state index < -0.39 is 6.23 Å². The van der Waals surface area contributed by atoms with E-state index in [0.717, 1.165) is 19.3 Å². The van der Waals surface area contributed by atoms with E-state index in [1.807, 2.05) is 0 Å². The molecule has 0 aliphatic carbocycles. The second-order valence-corrected chi connectivity index (χ2v) is 4.34. The Morgan fingerprint density at radius 3 is 2.28 bits per heavy atom. The van der Waals surface area contributed by atoms with Crippen LogP contribution in [0.1, 0.15) is 51.4 Å². The summed E-state index contributed by atoms with van der Waals surface area (Å²) in [7, 11) is 0. The van der Waals surface area contributed by atoms with Gasteiger partial charge < -0.3 is 16.2 Å². The number of unbranched alkanes of at least 4 members (excludes halogenated alkanes) is 3. The quantitative estimate of drug-likeness (QED) is 0.281. The number of primary amides is 1. The van der Waals surface area contributed by atoms with Crippen LogP contribution < -0.4 is 17.2 Å². The minimum absolute atomic E-state index is 0.282. The first-order valence-electron chi connectivity index (χ1n) is 6.49. The summed E-state index contributed by atoms with van der Waals surface area (Å²) in [5.74, 6) is -0.661. The van der Waals surface area contributed by atoms with Gasteiger partial charge in [0.1, 0.15) is 0 Å². The van der Waals surface area contributed by atoms with Gasteiger partial charge in [-0.25, -0.2) is 0 Å². The van der Waals surface area contributed by atoms with Crippen molar-refractivity contribution >= 4 is 11.9 Å². The third-order valence-corrected chi connectivity index (χ3v) is 2.53. The summed E-state index contributed by atoms with van der Waals surface area (Å²) in [4.78, 5) is 21.8. The maximum Gasteiger partial charge on any atom is 0.307 e. The van der Waals surface area contributed by atoms with Crippen LogP contribution in [0.2, 0.25) is 0 Å². The van der Waals surface area contributed by atoms with Crippen molar-refractivity contribution in [3.63, 3.8) is 0 Å². The van der Waals surface area contributed by atoms with E-state index in [1.165, 1.54) is 0 Å². The van der Waals surface area contributed by atoms with Gasteiger partial charge >= 0.3 is 5.97 Å². The van der Waals surface area contributed by atoms with E-state index in [4.69, 9.17) is 21.9 Å². The van der Waals surface area contributed by atoms with Crippen molar-refractivity contribution in [1.82, 2.24) is 0 Å². The fourth-order valence-electron chi connectivity index (χ4n) is 1.52.